The van der Waals surface area contributed by atoms with E-state index >= 15 is 0 Å². The predicted octanol–water partition coefficient (Wildman–Crippen LogP) is 9.56. The van der Waals surface area contributed by atoms with Crippen LogP contribution in [0.15, 0.2) is 48.6 Å². The van der Waals surface area contributed by atoms with Gasteiger partial charge >= 0.3 is 11.9 Å². The van der Waals surface area contributed by atoms with E-state index in [0.717, 1.165) is 64.2 Å². The SMILES string of the molecule is CCCCC/C=C/C/C=C/C/C=C/C/C=C/CCCCCC(=O)O[C@H](COC(=O)CCCCCCCCCCCCCCC)CO[C@H]1O[C@H](CS(=O)(=O)O)[C@@H](O)C(O)C1O. The first kappa shape index (κ1) is 55.6. The lowest BCUT2D eigenvalue weighted by Gasteiger charge is -2.40. The Morgan fingerprint density at radius 2 is 1.00 bits per heavy atom. The van der Waals surface area contributed by atoms with E-state index in [2.05, 4.69) is 62.5 Å². The number of esters is 2. The van der Waals surface area contributed by atoms with Gasteiger partial charge in [0.2, 0.25) is 0 Å². The minimum atomic E-state index is -4.61. The summed E-state index contributed by atoms with van der Waals surface area (Å²) in [7, 11) is -4.61. The molecule has 1 heterocycles. The first-order valence-electron chi connectivity index (χ1n) is 23.2. The largest absolute Gasteiger partial charge is 0.462 e. The molecule has 0 radical (unpaired) electrons. The maximum Gasteiger partial charge on any atom is 0.306 e. The smallest absolute Gasteiger partial charge is 0.306 e. The lowest BCUT2D eigenvalue weighted by molar-refractivity contribution is -0.297. The van der Waals surface area contributed by atoms with Crippen molar-refractivity contribution >= 4 is 22.1 Å². The Hall–Kier alpha value is -2.39. The molecule has 0 saturated carbocycles. The van der Waals surface area contributed by atoms with Crippen molar-refractivity contribution in [1.29, 1.82) is 0 Å². The third-order valence-electron chi connectivity index (χ3n) is 10.4. The number of carbonyl (C=O) groups excluding carboxylic acids is 2. The average Bonchev–Trinajstić information content (AvgIpc) is 3.21. The molecule has 1 aliphatic heterocycles. The fourth-order valence-corrected chi connectivity index (χ4v) is 7.47. The number of allylic oxidation sites excluding steroid dienone is 8. The maximum atomic E-state index is 12.8. The molecule has 0 aromatic heterocycles. The predicted molar refractivity (Wildman–Crippen MR) is 238 cm³/mol. The molecule has 0 amide bonds. The topological polar surface area (TPSA) is 186 Å². The van der Waals surface area contributed by atoms with Crippen LogP contribution in [0.5, 0.6) is 0 Å². The standard InChI is InChI=1S/C47H82O12S/c1-3-5-7-9-11-13-15-17-18-19-20-21-22-24-26-28-30-32-34-36-43(49)58-40(38-57-47-46(52)45(51)44(50)41(59-47)39-60(53,54)55)37-56-42(48)35-33-31-29-27-25-23-16-14-12-10-8-6-4-2/h11,13,17-18,20-21,24,26,40-41,44-47,50-52H,3-10,12,14-16,19,22-23,25,27-39H2,1-2H3,(H,53,54,55)/b13-11+,18-17+,21-20+,26-24+/t40-,41-,44-,45?,46?,47+/m1/s1. The van der Waals surface area contributed by atoms with Crippen molar-refractivity contribution in [3.05, 3.63) is 48.6 Å². The molecule has 12 nitrogen and oxygen atoms in total. The molecule has 4 N–H and O–H groups in total. The number of ether oxygens (including phenoxy) is 4. The summed E-state index contributed by atoms with van der Waals surface area (Å²) in [4.78, 5) is 25.4. The number of aliphatic hydroxyl groups is 3. The van der Waals surface area contributed by atoms with Crippen molar-refractivity contribution in [3.63, 3.8) is 0 Å². The van der Waals surface area contributed by atoms with Crippen LogP contribution in [0, 0.1) is 0 Å². The highest BCUT2D eigenvalue weighted by molar-refractivity contribution is 7.85. The normalized spacial score (nSPS) is 20.5. The summed E-state index contributed by atoms with van der Waals surface area (Å²) in [6.45, 7) is 3.70. The van der Waals surface area contributed by atoms with Crippen LogP contribution in [0.2, 0.25) is 0 Å². The van der Waals surface area contributed by atoms with Gasteiger partial charge in [0.1, 0.15) is 36.8 Å². The van der Waals surface area contributed by atoms with Crippen LogP contribution >= 0.6 is 0 Å². The number of carbonyl (C=O) groups is 2. The zero-order valence-electron chi connectivity index (χ0n) is 37.1. The van der Waals surface area contributed by atoms with E-state index in [1.807, 2.05) is 0 Å². The molecule has 0 bridgehead atoms. The quantitative estimate of drug-likeness (QED) is 0.0200. The van der Waals surface area contributed by atoms with Crippen LogP contribution in [0.25, 0.3) is 0 Å². The Kier molecular flexibility index (Phi) is 34.5. The molecule has 6 atom stereocenters. The highest BCUT2D eigenvalue weighted by Crippen LogP contribution is 2.24. The minimum Gasteiger partial charge on any atom is -0.462 e. The van der Waals surface area contributed by atoms with Crippen LogP contribution < -0.4 is 0 Å². The van der Waals surface area contributed by atoms with Gasteiger partial charge < -0.3 is 34.3 Å². The molecule has 1 fully saturated rings. The number of hydrogen-bond acceptors (Lipinski definition) is 11. The molecule has 1 rings (SSSR count). The molecule has 0 aromatic rings. The molecule has 13 heteroatoms. The first-order chi connectivity index (χ1) is 29.0. The van der Waals surface area contributed by atoms with Gasteiger partial charge in [0, 0.05) is 12.8 Å². The minimum absolute atomic E-state index is 0.127. The highest BCUT2D eigenvalue weighted by atomic mass is 32.2. The van der Waals surface area contributed by atoms with E-state index in [9.17, 15) is 37.9 Å². The van der Waals surface area contributed by atoms with Crippen LogP contribution in [0.1, 0.15) is 181 Å². The lowest BCUT2D eigenvalue weighted by atomic mass is 10.00. The molecule has 0 aromatic carbocycles. The van der Waals surface area contributed by atoms with E-state index in [1.54, 1.807) is 0 Å². The van der Waals surface area contributed by atoms with Gasteiger partial charge in [-0.15, -0.1) is 0 Å². The van der Waals surface area contributed by atoms with E-state index in [-0.39, 0.29) is 19.4 Å². The van der Waals surface area contributed by atoms with Gasteiger partial charge in [0.15, 0.2) is 12.4 Å². The second-order valence-electron chi connectivity index (χ2n) is 16.1. The molecule has 1 saturated heterocycles. The molecular weight excluding hydrogens is 789 g/mol. The number of hydrogen-bond donors (Lipinski definition) is 4. The number of rotatable bonds is 38. The molecule has 348 valence electrons. The fraction of sp³-hybridized carbons (Fsp3) is 0.787. The van der Waals surface area contributed by atoms with E-state index in [1.165, 1.54) is 77.0 Å². The molecule has 60 heavy (non-hydrogen) atoms. The fourth-order valence-electron chi connectivity index (χ4n) is 6.78. The summed E-state index contributed by atoms with van der Waals surface area (Å²) in [6.07, 6.45) is 34.4. The molecule has 1 aliphatic rings. The Bertz CT molecular complexity index is 1300. The Morgan fingerprint density at radius 3 is 1.52 bits per heavy atom. The zero-order valence-corrected chi connectivity index (χ0v) is 37.9. The summed E-state index contributed by atoms with van der Waals surface area (Å²) < 4.78 is 54.0. The van der Waals surface area contributed by atoms with Crippen LogP contribution in [-0.2, 0) is 38.7 Å². The summed E-state index contributed by atoms with van der Waals surface area (Å²) in [6, 6.07) is 0. The first-order valence-corrected chi connectivity index (χ1v) is 24.8. The van der Waals surface area contributed by atoms with Gasteiger partial charge in [-0.05, 0) is 57.8 Å². The highest BCUT2D eigenvalue weighted by Gasteiger charge is 2.46. The number of unbranched alkanes of at least 4 members (excludes halogenated alkanes) is 18. The molecule has 0 spiro atoms. The van der Waals surface area contributed by atoms with Gasteiger partial charge in [-0.3, -0.25) is 14.1 Å². The molecule has 0 aliphatic carbocycles. The van der Waals surface area contributed by atoms with E-state index < -0.39 is 71.2 Å². The van der Waals surface area contributed by atoms with Gasteiger partial charge in [-0.2, -0.15) is 8.42 Å². The third-order valence-corrected chi connectivity index (χ3v) is 11.2. The summed E-state index contributed by atoms with van der Waals surface area (Å²) in [5.41, 5.74) is 0. The molecular formula is C47H82O12S. The second kappa shape index (κ2) is 37.2. The van der Waals surface area contributed by atoms with Crippen LogP contribution in [0.3, 0.4) is 0 Å². The van der Waals surface area contributed by atoms with Gasteiger partial charge in [-0.1, -0.05) is 159 Å². The lowest BCUT2D eigenvalue weighted by Crippen LogP contribution is -2.60. The van der Waals surface area contributed by atoms with Crippen molar-refractivity contribution in [2.24, 2.45) is 0 Å². The van der Waals surface area contributed by atoms with Crippen molar-refractivity contribution in [2.75, 3.05) is 19.0 Å². The second-order valence-corrected chi connectivity index (χ2v) is 17.6. The van der Waals surface area contributed by atoms with E-state index in [0.29, 0.717) is 12.8 Å². The van der Waals surface area contributed by atoms with Crippen molar-refractivity contribution in [3.8, 4) is 0 Å². The zero-order chi connectivity index (χ0) is 44.1. The Balaban J connectivity index is 2.47. The average molecular weight is 871 g/mol. The number of aliphatic hydroxyl groups excluding tert-OH is 3. The van der Waals surface area contributed by atoms with E-state index in [4.69, 9.17) is 18.9 Å². The van der Waals surface area contributed by atoms with Crippen LogP contribution in [-0.4, -0.2) is 96.0 Å². The Labute approximate surface area is 363 Å². The molecule has 2 unspecified atom stereocenters. The van der Waals surface area contributed by atoms with Gasteiger partial charge in [0.25, 0.3) is 10.1 Å². The maximum absolute atomic E-state index is 12.8. The van der Waals surface area contributed by atoms with Crippen molar-refractivity contribution in [2.45, 2.75) is 218 Å². The Morgan fingerprint density at radius 1 is 0.567 bits per heavy atom. The van der Waals surface area contributed by atoms with Crippen molar-refractivity contribution < 1.29 is 56.8 Å². The summed E-state index contributed by atoms with van der Waals surface area (Å²) in [5.74, 6) is -2.02. The summed E-state index contributed by atoms with van der Waals surface area (Å²) in [5, 5.41) is 30.9. The monoisotopic (exact) mass is 871 g/mol. The summed E-state index contributed by atoms with van der Waals surface area (Å²) >= 11 is 0. The van der Waals surface area contributed by atoms with Gasteiger partial charge in [0.05, 0.1) is 6.61 Å². The third kappa shape index (κ3) is 31.5. The van der Waals surface area contributed by atoms with Crippen molar-refractivity contribution in [1.82, 2.24) is 0 Å². The van der Waals surface area contributed by atoms with Crippen LogP contribution in [0.4, 0.5) is 0 Å². The van der Waals surface area contributed by atoms with Gasteiger partial charge in [-0.25, -0.2) is 0 Å².